The Kier molecular flexibility index (Phi) is 9.56. The first-order valence-corrected chi connectivity index (χ1v) is 10.7. The molecule has 1 aliphatic heterocycles. The molecular formula is C19H30ClN3O4S. The van der Waals surface area contributed by atoms with Gasteiger partial charge < -0.3 is 10.2 Å². The molecule has 7 nitrogen and oxygen atoms in total. The number of hydrogen-bond acceptors (Lipinski definition) is 5. The number of carbonyl (C=O) groups is 2. The molecule has 0 aromatic heterocycles. The number of nitrogens with zero attached hydrogens (tertiary/aromatic N) is 2. The van der Waals surface area contributed by atoms with E-state index in [0.717, 1.165) is 19.4 Å². The molecule has 0 saturated carbocycles. The van der Waals surface area contributed by atoms with Crippen LogP contribution < -0.4 is 5.32 Å². The molecular weight excluding hydrogens is 402 g/mol. The summed E-state index contributed by atoms with van der Waals surface area (Å²) < 4.78 is 26.5. The highest BCUT2D eigenvalue weighted by Crippen LogP contribution is 2.17. The van der Waals surface area contributed by atoms with Crippen LogP contribution in [0.4, 0.5) is 0 Å². The predicted molar refractivity (Wildman–Crippen MR) is 111 cm³/mol. The van der Waals surface area contributed by atoms with Crippen molar-refractivity contribution in [1.82, 2.24) is 14.5 Å². The number of likely N-dealkylation sites (tertiary alicyclic amines) is 1. The monoisotopic (exact) mass is 431 g/mol. The number of carbonyl (C=O) groups excluding carboxylic acids is 2. The first-order chi connectivity index (χ1) is 12.8. The molecule has 1 fully saturated rings. The molecule has 1 aliphatic rings. The van der Waals surface area contributed by atoms with Gasteiger partial charge in [0.05, 0.1) is 4.90 Å². The molecule has 1 heterocycles. The fourth-order valence-electron chi connectivity index (χ4n) is 3.21. The first kappa shape index (κ1) is 24.6. The smallest absolute Gasteiger partial charge is 0.242 e. The quantitative estimate of drug-likeness (QED) is 0.635. The van der Waals surface area contributed by atoms with Crippen molar-refractivity contribution in [2.75, 3.05) is 33.7 Å². The summed E-state index contributed by atoms with van der Waals surface area (Å²) in [5.74, 6) is -0.0319. The summed E-state index contributed by atoms with van der Waals surface area (Å²) in [7, 11) is -0.215. The third-order valence-corrected chi connectivity index (χ3v) is 6.89. The van der Waals surface area contributed by atoms with E-state index in [1.165, 1.54) is 42.5 Å². The lowest BCUT2D eigenvalue weighted by Gasteiger charge is -2.32. The van der Waals surface area contributed by atoms with E-state index in [-0.39, 0.29) is 35.5 Å². The summed E-state index contributed by atoms with van der Waals surface area (Å²) in [5.41, 5.74) is 0.476. The minimum Gasteiger partial charge on any atom is -0.341 e. The molecule has 158 valence electrons. The molecule has 0 spiro atoms. The van der Waals surface area contributed by atoms with Gasteiger partial charge in [-0.2, -0.15) is 0 Å². The Hall–Kier alpha value is -1.48. The van der Waals surface area contributed by atoms with Gasteiger partial charge in [-0.25, -0.2) is 12.7 Å². The average Bonchev–Trinajstić information content (AvgIpc) is 2.67. The number of ketones is 1. The number of Topliss-reactive ketones (excluding diaryl/α,β-unsaturated/α-hetero) is 1. The zero-order chi connectivity index (χ0) is 20.0. The van der Waals surface area contributed by atoms with Crippen LogP contribution in [0.5, 0.6) is 0 Å². The zero-order valence-electron chi connectivity index (χ0n) is 16.7. The first-order valence-electron chi connectivity index (χ1n) is 9.28. The van der Waals surface area contributed by atoms with E-state index in [9.17, 15) is 18.0 Å². The van der Waals surface area contributed by atoms with E-state index in [1.54, 1.807) is 0 Å². The van der Waals surface area contributed by atoms with Gasteiger partial charge in [0.1, 0.15) is 0 Å². The maximum absolute atomic E-state index is 12.6. The highest BCUT2D eigenvalue weighted by molar-refractivity contribution is 7.89. The van der Waals surface area contributed by atoms with Crippen LogP contribution in [0.3, 0.4) is 0 Å². The lowest BCUT2D eigenvalue weighted by Crippen LogP contribution is -2.47. The summed E-state index contributed by atoms with van der Waals surface area (Å²) >= 11 is 0. The lowest BCUT2D eigenvalue weighted by atomic mass is 10.1. The van der Waals surface area contributed by atoms with Crippen LogP contribution in [0.15, 0.2) is 29.2 Å². The summed E-state index contributed by atoms with van der Waals surface area (Å²) in [6.07, 6.45) is 2.87. The van der Waals surface area contributed by atoms with Crippen molar-refractivity contribution in [3.63, 3.8) is 0 Å². The van der Waals surface area contributed by atoms with Crippen LogP contribution in [0.25, 0.3) is 0 Å². The van der Waals surface area contributed by atoms with E-state index >= 15 is 0 Å². The van der Waals surface area contributed by atoms with Gasteiger partial charge in [0.2, 0.25) is 15.9 Å². The average molecular weight is 432 g/mol. The number of nitrogens with one attached hydrogen (secondary N) is 1. The van der Waals surface area contributed by atoms with Crippen LogP contribution in [0.2, 0.25) is 0 Å². The number of amides is 1. The van der Waals surface area contributed by atoms with Crippen LogP contribution >= 0.6 is 12.4 Å². The topological polar surface area (TPSA) is 86.8 Å². The molecule has 1 aromatic carbocycles. The van der Waals surface area contributed by atoms with E-state index in [2.05, 4.69) is 5.32 Å². The number of piperidine rings is 1. The van der Waals surface area contributed by atoms with Crippen LogP contribution in [-0.4, -0.2) is 69.1 Å². The SMILES string of the molecule is CNC1CCCN(C(=O)CCCN(C)S(=O)(=O)c2ccc(C(C)=O)cc2)C1.Cl. The zero-order valence-corrected chi connectivity index (χ0v) is 18.3. The normalized spacial score (nSPS) is 17.3. The van der Waals surface area contributed by atoms with Crippen molar-refractivity contribution in [2.45, 2.75) is 43.5 Å². The fraction of sp³-hybridized carbons (Fsp3) is 0.579. The van der Waals surface area contributed by atoms with Gasteiger partial charge in [-0.15, -0.1) is 12.4 Å². The Balaban J connectivity index is 0.00000392. The molecule has 28 heavy (non-hydrogen) atoms. The molecule has 2 rings (SSSR count). The third kappa shape index (κ3) is 6.27. The van der Waals surface area contributed by atoms with Crippen LogP contribution in [0, 0.1) is 0 Å². The van der Waals surface area contributed by atoms with Gasteiger partial charge in [0, 0.05) is 44.7 Å². The highest BCUT2D eigenvalue weighted by Gasteiger charge is 2.24. The van der Waals surface area contributed by atoms with Gasteiger partial charge in [-0.1, -0.05) is 12.1 Å². The summed E-state index contributed by atoms with van der Waals surface area (Å²) in [4.78, 5) is 25.7. The van der Waals surface area contributed by atoms with Gasteiger partial charge in [-0.05, 0) is 45.4 Å². The van der Waals surface area contributed by atoms with E-state index in [1.807, 2.05) is 11.9 Å². The molecule has 0 radical (unpaired) electrons. The maximum Gasteiger partial charge on any atom is 0.242 e. The Bertz CT molecular complexity index is 768. The van der Waals surface area contributed by atoms with Crippen molar-refractivity contribution >= 4 is 34.1 Å². The van der Waals surface area contributed by atoms with Crippen molar-refractivity contribution in [3.05, 3.63) is 29.8 Å². The van der Waals surface area contributed by atoms with Crippen molar-refractivity contribution in [3.8, 4) is 0 Å². The largest absolute Gasteiger partial charge is 0.341 e. The molecule has 1 unspecified atom stereocenters. The van der Waals surface area contributed by atoms with Gasteiger partial charge in [0.15, 0.2) is 5.78 Å². The fourth-order valence-corrected chi connectivity index (χ4v) is 4.42. The van der Waals surface area contributed by atoms with Gasteiger partial charge >= 0.3 is 0 Å². The molecule has 1 saturated heterocycles. The Morgan fingerprint density at radius 3 is 2.46 bits per heavy atom. The lowest BCUT2D eigenvalue weighted by molar-refractivity contribution is -0.132. The maximum atomic E-state index is 12.6. The standard InChI is InChI=1S/C19H29N3O4S.ClH/c1-15(23)16-8-10-18(11-9-16)27(25,26)21(3)12-5-7-19(24)22-13-4-6-17(14-22)20-2;/h8-11,17,20H,4-7,12-14H2,1-3H3;1H. The number of sulfonamides is 1. The molecule has 0 bridgehead atoms. The number of hydrogen-bond donors (Lipinski definition) is 1. The summed E-state index contributed by atoms with van der Waals surface area (Å²) in [6.45, 7) is 3.19. The van der Waals surface area contributed by atoms with E-state index in [0.29, 0.717) is 31.0 Å². The minimum absolute atomic E-state index is 0. The number of rotatable bonds is 8. The van der Waals surface area contributed by atoms with Crippen LogP contribution in [-0.2, 0) is 14.8 Å². The number of halogens is 1. The second-order valence-electron chi connectivity index (χ2n) is 6.98. The highest BCUT2D eigenvalue weighted by atomic mass is 35.5. The summed E-state index contributed by atoms with van der Waals surface area (Å²) in [6, 6.07) is 6.25. The van der Waals surface area contributed by atoms with Gasteiger partial charge in [0.25, 0.3) is 0 Å². The Morgan fingerprint density at radius 2 is 1.89 bits per heavy atom. The van der Waals surface area contributed by atoms with Crippen LogP contribution in [0.1, 0.15) is 43.0 Å². The molecule has 1 aromatic rings. The van der Waals surface area contributed by atoms with Crippen molar-refractivity contribution < 1.29 is 18.0 Å². The summed E-state index contributed by atoms with van der Waals surface area (Å²) in [5, 5.41) is 3.21. The number of benzene rings is 1. The predicted octanol–water partition coefficient (Wildman–Crippen LogP) is 1.92. The number of likely N-dealkylation sites (N-methyl/N-ethyl adjacent to an activating group) is 1. The van der Waals surface area contributed by atoms with E-state index in [4.69, 9.17) is 0 Å². The Morgan fingerprint density at radius 1 is 1.25 bits per heavy atom. The molecule has 1 N–H and O–H groups in total. The third-order valence-electron chi connectivity index (χ3n) is 5.02. The minimum atomic E-state index is -3.63. The molecule has 1 amide bonds. The molecule has 1 atom stereocenters. The van der Waals surface area contributed by atoms with Crippen molar-refractivity contribution in [1.29, 1.82) is 0 Å². The van der Waals surface area contributed by atoms with Crippen molar-refractivity contribution in [2.24, 2.45) is 0 Å². The second-order valence-corrected chi connectivity index (χ2v) is 9.02. The molecule has 0 aliphatic carbocycles. The van der Waals surface area contributed by atoms with E-state index < -0.39 is 10.0 Å². The second kappa shape index (κ2) is 10.9. The Labute approximate surface area is 173 Å². The molecule has 9 heteroatoms. The van der Waals surface area contributed by atoms with Gasteiger partial charge in [-0.3, -0.25) is 9.59 Å².